The summed E-state index contributed by atoms with van der Waals surface area (Å²) in [5.74, 6) is 0. The van der Waals surface area contributed by atoms with E-state index in [-0.39, 0.29) is 0 Å². The fourth-order valence-electron chi connectivity index (χ4n) is 0. The molecule has 3 nitrogen and oxygen atoms in total. The molecule has 0 aliphatic carbocycles. The summed E-state index contributed by atoms with van der Waals surface area (Å²) in [6.45, 7) is 0. The number of rotatable bonds is 1. The van der Waals surface area contributed by atoms with E-state index in [1.54, 1.807) is 0 Å². The van der Waals surface area contributed by atoms with Crippen molar-refractivity contribution in [3.63, 3.8) is 0 Å². The third-order valence-electron chi connectivity index (χ3n) is 0.255. The van der Waals surface area contributed by atoms with Crippen LogP contribution in [0.1, 0.15) is 0 Å². The maximum absolute atomic E-state index is 8.18. The molecule has 0 saturated carbocycles. The smallest absolute Gasteiger partial charge is 0.270 e. The maximum atomic E-state index is 8.18. The molecule has 6 heavy (non-hydrogen) atoms. The van der Waals surface area contributed by atoms with Crippen LogP contribution in [0, 0.1) is 0 Å². The molecule has 0 aliphatic rings. The van der Waals surface area contributed by atoms with Gasteiger partial charge >= 0.3 is 0 Å². The van der Waals surface area contributed by atoms with Crippen molar-refractivity contribution in [2.45, 2.75) is 0 Å². The summed E-state index contributed by atoms with van der Waals surface area (Å²) in [5.41, 5.74) is 0. The predicted molar refractivity (Wildman–Crippen MR) is 26.7 cm³/mol. The molecule has 0 saturated heterocycles. The maximum Gasteiger partial charge on any atom is 0.270 e. The molecule has 0 aromatic rings. The second-order valence-corrected chi connectivity index (χ2v) is 3.93. The van der Waals surface area contributed by atoms with E-state index >= 15 is 0 Å². The van der Waals surface area contributed by atoms with Gasteiger partial charge in [0.15, 0.2) is 0 Å². The van der Waals surface area contributed by atoms with Crippen LogP contribution in [0.4, 0.5) is 0 Å². The van der Waals surface area contributed by atoms with Crippen molar-refractivity contribution in [1.29, 1.82) is 0 Å². The zero-order valence-corrected chi connectivity index (χ0v) is 5.14. The van der Waals surface area contributed by atoms with Gasteiger partial charge in [0.05, 0.1) is 0 Å². The van der Waals surface area contributed by atoms with Gasteiger partial charge in [-0.25, -0.2) is 0 Å². The van der Waals surface area contributed by atoms with E-state index in [1.807, 2.05) is 0 Å². The molecule has 0 bridgehead atoms. The van der Waals surface area contributed by atoms with Gasteiger partial charge in [-0.05, 0) is 8.53 Å². The minimum atomic E-state index is -3.09. The van der Waals surface area contributed by atoms with Crippen molar-refractivity contribution in [3.8, 4) is 0 Å². The molecule has 0 aromatic carbocycles. The van der Waals surface area contributed by atoms with Crippen LogP contribution in [0.2, 0.25) is 0 Å². The first kappa shape index (κ1) is 6.61. The first-order valence-electron chi connectivity index (χ1n) is 1.21. The first-order valence-corrected chi connectivity index (χ1v) is 4.17. The van der Waals surface area contributed by atoms with Gasteiger partial charge < -0.3 is 14.3 Å². The highest BCUT2D eigenvalue weighted by Crippen LogP contribution is 2.41. The predicted octanol–water partition coefficient (Wildman–Crippen LogP) is 0.438. The Morgan fingerprint density at radius 3 is 1.83 bits per heavy atom. The molecule has 0 rings (SSSR count). The normalized spacial score (nSPS) is 11.8. The molecule has 0 aromatic heterocycles. The van der Waals surface area contributed by atoms with E-state index in [0.717, 1.165) is 0 Å². The van der Waals surface area contributed by atoms with Crippen LogP contribution in [0.3, 0.4) is 0 Å². The Morgan fingerprint density at radius 2 is 1.83 bits per heavy atom. The third-order valence-corrected chi connectivity index (χ3v) is 1.31. The van der Waals surface area contributed by atoms with Crippen LogP contribution in [-0.4, -0.2) is 16.9 Å². The fraction of sp³-hybridized carbons (Fsp3) is 1.00. The van der Waals surface area contributed by atoms with Crippen molar-refractivity contribution >= 4 is 15.8 Å². The molecule has 0 aliphatic heterocycles. The Bertz CT molecular complexity index is 72.9. The Morgan fingerprint density at radius 1 is 1.67 bits per heavy atom. The lowest BCUT2D eigenvalue weighted by Crippen LogP contribution is -1.72. The van der Waals surface area contributed by atoms with Crippen molar-refractivity contribution in [2.24, 2.45) is 0 Å². The second kappa shape index (κ2) is 2.06. The van der Waals surface area contributed by atoms with E-state index in [2.05, 4.69) is 13.1 Å². The Balaban J connectivity index is 3.48. The molecule has 5 heteroatoms. The van der Waals surface area contributed by atoms with E-state index < -0.39 is 7.23 Å². The highest BCUT2D eigenvalue weighted by molar-refractivity contribution is 7.88. The molecule has 0 fully saturated rings. The van der Waals surface area contributed by atoms with Gasteiger partial charge in [0, 0.05) is 7.11 Å². The van der Waals surface area contributed by atoms with Crippen LogP contribution in [-0.2, 0) is 4.52 Å². The lowest BCUT2D eigenvalue weighted by atomic mass is 11.8. The lowest BCUT2D eigenvalue weighted by molar-refractivity contribution is 0.306. The van der Waals surface area contributed by atoms with Crippen LogP contribution in [0.5, 0.6) is 0 Å². The molecule has 0 spiro atoms. The van der Waals surface area contributed by atoms with Gasteiger partial charge in [0.1, 0.15) is 0 Å². The molecular formula is CH6O3P2. The second-order valence-electron chi connectivity index (χ2n) is 0.727. The van der Waals surface area contributed by atoms with Gasteiger partial charge in [0.25, 0.3) is 7.23 Å². The zero-order valence-electron chi connectivity index (χ0n) is 3.25. The van der Waals surface area contributed by atoms with E-state index in [9.17, 15) is 0 Å². The van der Waals surface area contributed by atoms with Gasteiger partial charge in [-0.1, -0.05) is 0 Å². The summed E-state index contributed by atoms with van der Waals surface area (Å²) in [6.07, 6.45) is 0. The minimum absolute atomic E-state index is 1.21. The molecule has 38 valence electrons. The standard InChI is InChI=1S/CH6O3P2/c1-4-6(2,3)5/h2-3,5H,1H3. The summed E-state index contributed by atoms with van der Waals surface area (Å²) < 4.78 is 4.07. The summed E-state index contributed by atoms with van der Waals surface area (Å²) in [6, 6.07) is 0. The Labute approximate surface area is 38.2 Å². The van der Waals surface area contributed by atoms with E-state index in [0.29, 0.717) is 0 Å². The molecule has 2 N–H and O–H groups in total. The highest BCUT2D eigenvalue weighted by atomic mass is 31.8. The molecule has 0 radical (unpaired) electrons. The van der Waals surface area contributed by atoms with Crippen molar-refractivity contribution in [3.05, 3.63) is 0 Å². The first-order chi connectivity index (χ1) is 2.56. The van der Waals surface area contributed by atoms with Crippen molar-refractivity contribution < 1.29 is 14.3 Å². The van der Waals surface area contributed by atoms with Gasteiger partial charge in [-0.2, -0.15) is 0 Å². The third kappa shape index (κ3) is 4.61. The van der Waals surface area contributed by atoms with Gasteiger partial charge in [-0.15, -0.1) is 0 Å². The number of hydrogen-bond acceptors (Lipinski definition) is 1. The molecule has 0 unspecified atom stereocenters. The average molecular weight is 128 g/mol. The molecule has 0 heterocycles. The average Bonchev–Trinajstić information content (AvgIpc) is 1.35. The minimum Gasteiger partial charge on any atom is -0.330 e. The summed E-state index contributed by atoms with van der Waals surface area (Å²) >= 11 is 0. The van der Waals surface area contributed by atoms with Crippen LogP contribution in [0.25, 0.3) is 0 Å². The SMILES string of the molecule is COP(O)(O)=P. The Hall–Kier alpha value is 0.610. The lowest BCUT2D eigenvalue weighted by Gasteiger charge is -2.01. The number of hydrogen-bond donors (Lipinski definition) is 2. The van der Waals surface area contributed by atoms with E-state index in [1.165, 1.54) is 7.11 Å². The summed E-state index contributed by atoms with van der Waals surface area (Å²) in [7, 11) is 0.641. The summed E-state index contributed by atoms with van der Waals surface area (Å²) in [4.78, 5) is 16.4. The zero-order chi connectivity index (χ0) is 5.21. The van der Waals surface area contributed by atoms with Crippen LogP contribution < -0.4 is 0 Å². The van der Waals surface area contributed by atoms with Crippen LogP contribution >= 0.6 is 15.8 Å². The Kier molecular flexibility index (Phi) is 2.27. The highest BCUT2D eigenvalue weighted by Gasteiger charge is 1.96. The molecular weight excluding hydrogens is 122 g/mol. The topological polar surface area (TPSA) is 49.7 Å². The van der Waals surface area contributed by atoms with Gasteiger partial charge in [0.2, 0.25) is 0 Å². The molecule has 0 amide bonds. The largest absolute Gasteiger partial charge is 0.330 e. The van der Waals surface area contributed by atoms with E-state index in [4.69, 9.17) is 9.79 Å². The van der Waals surface area contributed by atoms with Crippen molar-refractivity contribution in [2.75, 3.05) is 7.11 Å². The van der Waals surface area contributed by atoms with Crippen LogP contribution in [0.15, 0.2) is 0 Å². The van der Waals surface area contributed by atoms with Gasteiger partial charge in [-0.3, -0.25) is 0 Å². The summed E-state index contributed by atoms with van der Waals surface area (Å²) in [5, 5.41) is 0. The fourth-order valence-corrected chi connectivity index (χ4v) is 0. The monoisotopic (exact) mass is 128 g/mol. The van der Waals surface area contributed by atoms with Crippen molar-refractivity contribution in [1.82, 2.24) is 0 Å². The quantitative estimate of drug-likeness (QED) is 0.503. The molecule has 0 atom stereocenters.